The van der Waals surface area contributed by atoms with E-state index in [1.807, 2.05) is 0 Å². The van der Waals surface area contributed by atoms with Gasteiger partial charge in [0.2, 0.25) is 10.0 Å². The Hall–Kier alpha value is -0.780. The van der Waals surface area contributed by atoms with Crippen molar-refractivity contribution in [3.8, 4) is 0 Å². The van der Waals surface area contributed by atoms with Crippen LogP contribution in [0.5, 0.6) is 0 Å². The summed E-state index contributed by atoms with van der Waals surface area (Å²) in [6.07, 6.45) is 6.19. The highest BCUT2D eigenvalue weighted by molar-refractivity contribution is 7.90. The molecule has 0 bridgehead atoms. The number of rotatable bonds is 7. The molecule has 1 N–H and O–H groups in total. The van der Waals surface area contributed by atoms with E-state index in [9.17, 15) is 8.42 Å². The van der Waals surface area contributed by atoms with Crippen LogP contribution in [0.1, 0.15) is 44.9 Å². The van der Waals surface area contributed by atoms with E-state index in [0.29, 0.717) is 19.5 Å². The number of nitrogens with one attached hydrogen (secondary N) is 1. The van der Waals surface area contributed by atoms with Gasteiger partial charge in [-0.05, 0) is 31.2 Å². The molecule has 1 rings (SSSR count). The molecule has 0 atom stereocenters. The Morgan fingerprint density at radius 2 is 1.94 bits per heavy atom. The van der Waals surface area contributed by atoms with Gasteiger partial charge in [0, 0.05) is 18.0 Å². The molecule has 0 aromatic heterocycles. The molecule has 1 aliphatic rings. The fraction of sp³-hybridized carbons (Fsp3) is 1.00. The van der Waals surface area contributed by atoms with Gasteiger partial charge < -0.3 is 0 Å². The van der Waals surface area contributed by atoms with Crippen LogP contribution in [0, 0.1) is 0 Å². The van der Waals surface area contributed by atoms with Crippen LogP contribution >= 0.6 is 0 Å². The third kappa shape index (κ3) is 5.39. The van der Waals surface area contributed by atoms with Crippen molar-refractivity contribution in [3.05, 3.63) is 10.4 Å². The number of sulfonamides is 1. The van der Waals surface area contributed by atoms with Crippen molar-refractivity contribution in [3.63, 3.8) is 0 Å². The first kappa shape index (κ1) is 14.3. The highest BCUT2D eigenvalue weighted by atomic mass is 32.2. The second kappa shape index (κ2) is 7.53. The zero-order chi connectivity index (χ0) is 12.6. The van der Waals surface area contributed by atoms with Crippen molar-refractivity contribution >= 4 is 10.0 Å². The molecule has 0 radical (unpaired) electrons. The number of hydrogen-bond acceptors (Lipinski definition) is 3. The molecule has 1 fully saturated rings. The lowest BCUT2D eigenvalue weighted by Crippen LogP contribution is -2.36. The summed E-state index contributed by atoms with van der Waals surface area (Å²) in [5.74, 6) is 0. The summed E-state index contributed by atoms with van der Waals surface area (Å²) in [4.78, 5) is 2.64. The molecule has 1 aliphatic carbocycles. The van der Waals surface area contributed by atoms with Gasteiger partial charge in [-0.15, -0.1) is 0 Å². The van der Waals surface area contributed by atoms with E-state index in [1.54, 1.807) is 0 Å². The van der Waals surface area contributed by atoms with Gasteiger partial charge in [0.25, 0.3) is 0 Å². The molecule has 6 nitrogen and oxygen atoms in total. The molecule has 0 aromatic rings. The maximum absolute atomic E-state index is 11.9. The third-order valence-corrected chi connectivity index (χ3v) is 5.00. The minimum absolute atomic E-state index is 0.201. The first-order valence-electron chi connectivity index (χ1n) is 6.16. The van der Waals surface area contributed by atoms with Crippen LogP contribution in [0.4, 0.5) is 0 Å². The van der Waals surface area contributed by atoms with Gasteiger partial charge in [-0.3, -0.25) is 0 Å². The molecule has 1 saturated carbocycles. The Morgan fingerprint density at radius 3 is 2.59 bits per heavy atom. The van der Waals surface area contributed by atoms with Crippen LogP contribution in [-0.2, 0) is 10.0 Å². The van der Waals surface area contributed by atoms with Crippen LogP contribution in [0.25, 0.3) is 10.4 Å². The van der Waals surface area contributed by atoms with Crippen molar-refractivity contribution < 1.29 is 8.42 Å². The van der Waals surface area contributed by atoms with E-state index in [1.165, 1.54) is 0 Å². The Bertz CT molecular complexity index is 357. The topological polar surface area (TPSA) is 94.9 Å². The van der Waals surface area contributed by atoms with E-state index in [4.69, 9.17) is 5.53 Å². The average molecular weight is 260 g/mol. The van der Waals surface area contributed by atoms with Crippen LogP contribution in [0.15, 0.2) is 5.11 Å². The van der Waals surface area contributed by atoms with E-state index in [2.05, 4.69) is 14.7 Å². The second-order valence-electron chi connectivity index (χ2n) is 4.36. The first-order chi connectivity index (χ1) is 8.17. The van der Waals surface area contributed by atoms with Gasteiger partial charge in [0.1, 0.15) is 0 Å². The highest BCUT2D eigenvalue weighted by Crippen LogP contribution is 2.22. The monoisotopic (exact) mass is 260 g/mol. The zero-order valence-corrected chi connectivity index (χ0v) is 10.8. The van der Waals surface area contributed by atoms with Crippen LogP contribution in [0.3, 0.4) is 0 Å². The zero-order valence-electron chi connectivity index (χ0n) is 10.0. The Labute approximate surface area is 102 Å². The SMILES string of the molecule is [N-]=[N+]=NCCCCNS(=O)(=O)C1CCCCC1. The van der Waals surface area contributed by atoms with E-state index in [0.717, 1.165) is 38.5 Å². The number of unbranched alkanes of at least 4 members (excludes halogenated alkanes) is 1. The molecule has 0 spiro atoms. The number of hydrogen-bond donors (Lipinski definition) is 1. The maximum atomic E-state index is 11.9. The molecule has 0 aliphatic heterocycles. The normalized spacial score (nSPS) is 17.6. The minimum atomic E-state index is -3.13. The van der Waals surface area contributed by atoms with E-state index < -0.39 is 10.0 Å². The molecule has 98 valence electrons. The second-order valence-corrected chi connectivity index (χ2v) is 6.41. The summed E-state index contributed by atoms with van der Waals surface area (Å²) >= 11 is 0. The van der Waals surface area contributed by atoms with Gasteiger partial charge in [-0.1, -0.05) is 24.4 Å². The lowest BCUT2D eigenvalue weighted by molar-refractivity contribution is 0.477. The molecular weight excluding hydrogens is 240 g/mol. The van der Waals surface area contributed by atoms with E-state index in [-0.39, 0.29) is 5.25 Å². The highest BCUT2D eigenvalue weighted by Gasteiger charge is 2.26. The van der Waals surface area contributed by atoms with Crippen molar-refractivity contribution in [1.82, 2.24) is 4.72 Å². The predicted octanol–water partition coefficient (Wildman–Crippen LogP) is 2.33. The van der Waals surface area contributed by atoms with Crippen LogP contribution < -0.4 is 4.72 Å². The number of azide groups is 1. The summed E-state index contributed by atoms with van der Waals surface area (Å²) in [6.45, 7) is 0.876. The standard InChI is InChI=1S/C10H20N4O2S/c11-14-12-8-4-5-9-13-17(15,16)10-6-2-1-3-7-10/h10,13H,1-9H2. The fourth-order valence-corrected chi connectivity index (χ4v) is 3.68. The smallest absolute Gasteiger partial charge is 0.214 e. The molecule has 0 saturated heterocycles. The molecule has 0 unspecified atom stereocenters. The van der Waals surface area contributed by atoms with Gasteiger partial charge in [0.15, 0.2) is 0 Å². The van der Waals surface area contributed by atoms with Crippen molar-refractivity contribution in [2.45, 2.75) is 50.2 Å². The molecule has 17 heavy (non-hydrogen) atoms. The Morgan fingerprint density at radius 1 is 1.24 bits per heavy atom. The molecule has 0 amide bonds. The lowest BCUT2D eigenvalue weighted by Gasteiger charge is -2.21. The Kier molecular flexibility index (Phi) is 6.32. The summed E-state index contributed by atoms with van der Waals surface area (Å²) in [5, 5.41) is 3.20. The van der Waals surface area contributed by atoms with Crippen LogP contribution in [0.2, 0.25) is 0 Å². The molecule has 0 heterocycles. The van der Waals surface area contributed by atoms with Gasteiger partial charge in [0.05, 0.1) is 5.25 Å². The minimum Gasteiger partial charge on any atom is -0.215 e. The summed E-state index contributed by atoms with van der Waals surface area (Å²) in [6, 6.07) is 0. The summed E-state index contributed by atoms with van der Waals surface area (Å²) < 4.78 is 26.4. The summed E-state index contributed by atoms with van der Waals surface area (Å²) in [7, 11) is -3.13. The average Bonchev–Trinajstić information content (AvgIpc) is 2.35. The maximum Gasteiger partial charge on any atom is 0.214 e. The molecule has 7 heteroatoms. The Balaban J connectivity index is 2.22. The number of nitrogens with zero attached hydrogens (tertiary/aromatic N) is 3. The third-order valence-electron chi connectivity index (χ3n) is 3.04. The predicted molar refractivity (Wildman–Crippen MR) is 67.0 cm³/mol. The molecular formula is C10H20N4O2S. The lowest BCUT2D eigenvalue weighted by atomic mass is 10.0. The van der Waals surface area contributed by atoms with E-state index >= 15 is 0 Å². The van der Waals surface area contributed by atoms with Gasteiger partial charge in [-0.2, -0.15) is 0 Å². The first-order valence-corrected chi connectivity index (χ1v) is 7.71. The van der Waals surface area contributed by atoms with Gasteiger partial charge in [-0.25, -0.2) is 13.1 Å². The molecule has 0 aromatic carbocycles. The van der Waals surface area contributed by atoms with Crippen molar-refractivity contribution in [1.29, 1.82) is 0 Å². The summed E-state index contributed by atoms with van der Waals surface area (Å²) in [5.41, 5.74) is 8.07. The van der Waals surface area contributed by atoms with Gasteiger partial charge >= 0.3 is 0 Å². The van der Waals surface area contributed by atoms with Crippen molar-refractivity contribution in [2.75, 3.05) is 13.1 Å². The largest absolute Gasteiger partial charge is 0.215 e. The van der Waals surface area contributed by atoms with Crippen LogP contribution in [-0.4, -0.2) is 26.8 Å². The fourth-order valence-electron chi connectivity index (χ4n) is 2.06. The quantitative estimate of drug-likeness (QED) is 0.329. The van der Waals surface area contributed by atoms with Crippen molar-refractivity contribution in [2.24, 2.45) is 5.11 Å².